The van der Waals surface area contributed by atoms with Crippen LogP contribution in [-0.2, 0) is 10.1 Å². The molecule has 0 fully saturated rings. The van der Waals surface area contributed by atoms with Gasteiger partial charge in [-0.2, -0.15) is 11.8 Å². The van der Waals surface area contributed by atoms with Gasteiger partial charge in [-0.25, -0.2) is 8.42 Å². The second-order valence-electron chi connectivity index (χ2n) is 5.36. The van der Waals surface area contributed by atoms with E-state index < -0.39 is 10.1 Å². The van der Waals surface area contributed by atoms with Crippen molar-refractivity contribution in [2.45, 2.75) is 76.9 Å². The van der Waals surface area contributed by atoms with Crippen LogP contribution in [-0.4, -0.2) is 29.7 Å². The van der Waals surface area contributed by atoms with Gasteiger partial charge in [0, 0.05) is 5.75 Å². The summed E-state index contributed by atoms with van der Waals surface area (Å²) in [6, 6.07) is 0. The molecule has 0 radical (unpaired) electrons. The van der Waals surface area contributed by atoms with Crippen molar-refractivity contribution < 1.29 is 13.0 Å². The van der Waals surface area contributed by atoms with E-state index in [9.17, 15) is 13.0 Å². The van der Waals surface area contributed by atoms with Gasteiger partial charge < -0.3 is 4.55 Å². The maximum Gasteiger partial charge on any atom is 0.0945 e. The number of hydrogen-bond acceptors (Lipinski definition) is 4. The average molecular weight is 310 g/mol. The normalized spacial score (nSPS) is 12.2. The standard InChI is InChI=1S/C14H30O3S2/c1-14(2)18-12-10-8-6-4-3-5-7-9-11-13-19(15,16)17/h14H,3-13H2,1-2H3,(H,15,16,17)/p-1. The van der Waals surface area contributed by atoms with Gasteiger partial charge in [0.2, 0.25) is 0 Å². The second kappa shape index (κ2) is 12.0. The summed E-state index contributed by atoms with van der Waals surface area (Å²) >= 11 is 2.04. The third kappa shape index (κ3) is 18.3. The molecule has 0 atom stereocenters. The van der Waals surface area contributed by atoms with E-state index >= 15 is 0 Å². The minimum Gasteiger partial charge on any atom is -0.748 e. The summed E-state index contributed by atoms with van der Waals surface area (Å²) < 4.78 is 31.1. The smallest absolute Gasteiger partial charge is 0.0945 e. The van der Waals surface area contributed by atoms with E-state index in [4.69, 9.17) is 0 Å². The first-order valence-corrected chi connectivity index (χ1v) is 10.1. The van der Waals surface area contributed by atoms with Crippen molar-refractivity contribution in [1.82, 2.24) is 0 Å². The molecule has 3 nitrogen and oxygen atoms in total. The Labute approximate surface area is 123 Å². The van der Waals surface area contributed by atoms with Crippen LogP contribution in [0, 0.1) is 0 Å². The Hall–Kier alpha value is 0.260. The van der Waals surface area contributed by atoms with Crippen LogP contribution < -0.4 is 0 Å². The third-order valence-electron chi connectivity index (χ3n) is 2.99. The molecule has 0 heterocycles. The zero-order chi connectivity index (χ0) is 14.6. The van der Waals surface area contributed by atoms with Gasteiger partial charge in [-0.15, -0.1) is 0 Å². The van der Waals surface area contributed by atoms with E-state index in [1.165, 1.54) is 44.3 Å². The molecule has 0 aromatic heterocycles. The topological polar surface area (TPSA) is 57.2 Å². The predicted molar refractivity (Wildman–Crippen MR) is 83.7 cm³/mol. The molecular formula is C14H29O3S2-. The lowest BCUT2D eigenvalue weighted by Crippen LogP contribution is -2.03. The monoisotopic (exact) mass is 309 g/mol. The largest absolute Gasteiger partial charge is 0.748 e. The lowest BCUT2D eigenvalue weighted by atomic mass is 10.1. The molecule has 0 aliphatic heterocycles. The summed E-state index contributed by atoms with van der Waals surface area (Å²) in [5, 5.41) is 0.748. The SMILES string of the molecule is CC(C)SCCCCCCCCCCCS(=O)(=O)[O-]. The van der Waals surface area contributed by atoms with Crippen LogP contribution in [0.1, 0.15) is 71.6 Å². The summed E-state index contributed by atoms with van der Waals surface area (Å²) in [6.45, 7) is 4.48. The molecule has 0 spiro atoms. The van der Waals surface area contributed by atoms with E-state index in [-0.39, 0.29) is 5.75 Å². The van der Waals surface area contributed by atoms with Crippen molar-refractivity contribution >= 4 is 21.9 Å². The third-order valence-corrected chi connectivity index (χ3v) is 4.97. The highest BCUT2D eigenvalue weighted by Crippen LogP contribution is 2.14. The highest BCUT2D eigenvalue weighted by atomic mass is 32.2. The van der Waals surface area contributed by atoms with E-state index in [1.54, 1.807) is 0 Å². The van der Waals surface area contributed by atoms with Crippen LogP contribution in [0.2, 0.25) is 0 Å². The fourth-order valence-corrected chi connectivity index (χ4v) is 3.34. The molecule has 0 N–H and O–H groups in total. The summed E-state index contributed by atoms with van der Waals surface area (Å²) in [7, 11) is -3.99. The number of hydrogen-bond donors (Lipinski definition) is 0. The molecule has 0 aromatic rings. The fraction of sp³-hybridized carbons (Fsp3) is 1.00. The van der Waals surface area contributed by atoms with Gasteiger partial charge in [0.15, 0.2) is 0 Å². The number of unbranched alkanes of at least 4 members (excludes halogenated alkanes) is 8. The predicted octanol–water partition coefficient (Wildman–Crippen LogP) is 4.18. The zero-order valence-electron chi connectivity index (χ0n) is 12.4. The first-order valence-electron chi connectivity index (χ1n) is 7.47. The minimum absolute atomic E-state index is 0.194. The molecule has 0 saturated carbocycles. The molecule has 0 unspecified atom stereocenters. The van der Waals surface area contributed by atoms with Crippen LogP contribution in [0.5, 0.6) is 0 Å². The lowest BCUT2D eigenvalue weighted by molar-refractivity contribution is 0.459. The molecule has 0 amide bonds. The van der Waals surface area contributed by atoms with Gasteiger partial charge in [-0.3, -0.25) is 0 Å². The Kier molecular flexibility index (Phi) is 12.2. The second-order valence-corrected chi connectivity index (χ2v) is 8.57. The van der Waals surface area contributed by atoms with Gasteiger partial charge in [0.05, 0.1) is 10.1 Å². The summed E-state index contributed by atoms with van der Waals surface area (Å²) in [6.07, 6.45) is 10.1. The van der Waals surface area contributed by atoms with E-state index in [0.717, 1.165) is 18.1 Å². The molecular weight excluding hydrogens is 280 g/mol. The first-order chi connectivity index (χ1) is 8.92. The Morgan fingerprint density at radius 2 is 1.26 bits per heavy atom. The molecule has 0 aromatic carbocycles. The van der Waals surface area contributed by atoms with Gasteiger partial charge in [-0.05, 0) is 23.8 Å². The fourth-order valence-electron chi connectivity index (χ4n) is 1.94. The van der Waals surface area contributed by atoms with Crippen LogP contribution in [0.4, 0.5) is 0 Å². The molecule has 0 aliphatic carbocycles. The lowest BCUT2D eigenvalue weighted by Gasteiger charge is -2.06. The molecule has 0 rings (SSSR count). The minimum atomic E-state index is -3.99. The number of rotatable bonds is 13. The molecule has 5 heteroatoms. The highest BCUT2D eigenvalue weighted by molar-refractivity contribution is 7.99. The van der Waals surface area contributed by atoms with Crippen LogP contribution in [0.3, 0.4) is 0 Å². The van der Waals surface area contributed by atoms with Crippen molar-refractivity contribution in [2.75, 3.05) is 11.5 Å². The van der Waals surface area contributed by atoms with E-state index in [0.29, 0.717) is 6.42 Å². The first kappa shape index (κ1) is 19.3. The maximum absolute atomic E-state index is 10.4. The van der Waals surface area contributed by atoms with Gasteiger partial charge in [-0.1, -0.05) is 58.8 Å². The van der Waals surface area contributed by atoms with Gasteiger partial charge in [0.25, 0.3) is 0 Å². The summed E-state index contributed by atoms with van der Waals surface area (Å²) in [5.41, 5.74) is 0. The quantitative estimate of drug-likeness (QED) is 0.378. The Morgan fingerprint density at radius 3 is 1.68 bits per heavy atom. The molecule has 0 saturated heterocycles. The highest BCUT2D eigenvalue weighted by Gasteiger charge is 1.97. The molecule has 0 bridgehead atoms. The van der Waals surface area contributed by atoms with Crippen molar-refractivity contribution in [1.29, 1.82) is 0 Å². The maximum atomic E-state index is 10.4. The zero-order valence-corrected chi connectivity index (χ0v) is 14.0. The van der Waals surface area contributed by atoms with Crippen molar-refractivity contribution in [3.05, 3.63) is 0 Å². The molecule has 19 heavy (non-hydrogen) atoms. The summed E-state index contributed by atoms with van der Waals surface area (Å²) in [5.74, 6) is 1.09. The van der Waals surface area contributed by atoms with Crippen LogP contribution in [0.15, 0.2) is 0 Å². The number of thioether (sulfide) groups is 1. The molecule has 0 aliphatic rings. The van der Waals surface area contributed by atoms with Crippen molar-refractivity contribution in [3.8, 4) is 0 Å². The summed E-state index contributed by atoms with van der Waals surface area (Å²) in [4.78, 5) is 0. The van der Waals surface area contributed by atoms with Crippen LogP contribution >= 0.6 is 11.8 Å². The van der Waals surface area contributed by atoms with Crippen molar-refractivity contribution in [3.63, 3.8) is 0 Å². The molecule has 116 valence electrons. The van der Waals surface area contributed by atoms with E-state index in [1.807, 2.05) is 11.8 Å². The van der Waals surface area contributed by atoms with Gasteiger partial charge in [0.1, 0.15) is 0 Å². The van der Waals surface area contributed by atoms with E-state index in [2.05, 4.69) is 13.8 Å². The Bertz CT molecular complexity index is 287. The van der Waals surface area contributed by atoms with Gasteiger partial charge >= 0.3 is 0 Å². The Morgan fingerprint density at radius 1 is 0.842 bits per heavy atom. The van der Waals surface area contributed by atoms with Crippen LogP contribution in [0.25, 0.3) is 0 Å². The average Bonchev–Trinajstić information content (AvgIpc) is 2.28. The Balaban J connectivity index is 3.07. The van der Waals surface area contributed by atoms with Crippen molar-refractivity contribution in [2.24, 2.45) is 0 Å².